The number of likely N-dealkylation sites (N-methyl/N-ethyl adjacent to an activating group) is 1. The number of benzene rings is 1. The second-order valence-electron chi connectivity index (χ2n) is 5.08. The van der Waals surface area contributed by atoms with Crippen LogP contribution >= 0.6 is 0 Å². The first-order chi connectivity index (χ1) is 10.6. The number of rotatable bonds is 6. The first-order valence-electron chi connectivity index (χ1n) is 7.11. The minimum Gasteiger partial charge on any atom is -0.481 e. The van der Waals surface area contributed by atoms with Crippen LogP contribution in [0.25, 0.3) is 0 Å². The Balaban J connectivity index is 1.96. The quantitative estimate of drug-likeness (QED) is 0.886. The van der Waals surface area contributed by atoms with E-state index in [0.29, 0.717) is 12.3 Å². The number of aliphatic hydroxyl groups excluding tert-OH is 1. The van der Waals surface area contributed by atoms with Gasteiger partial charge >= 0.3 is 0 Å². The van der Waals surface area contributed by atoms with Crippen molar-refractivity contribution in [3.8, 4) is 5.75 Å². The van der Waals surface area contributed by atoms with E-state index in [4.69, 9.17) is 9.84 Å². The van der Waals surface area contributed by atoms with E-state index in [-0.39, 0.29) is 12.5 Å². The lowest BCUT2D eigenvalue weighted by Gasteiger charge is -2.22. The van der Waals surface area contributed by atoms with Gasteiger partial charge in [-0.15, -0.1) is 0 Å². The number of aliphatic hydroxyl groups is 1. The Morgan fingerprint density at radius 2 is 2.14 bits per heavy atom. The van der Waals surface area contributed by atoms with E-state index in [1.54, 1.807) is 49.3 Å². The van der Waals surface area contributed by atoms with Gasteiger partial charge in [-0.2, -0.15) is 0 Å². The van der Waals surface area contributed by atoms with E-state index in [2.05, 4.69) is 4.98 Å². The second-order valence-corrected chi connectivity index (χ2v) is 5.08. The van der Waals surface area contributed by atoms with E-state index in [1.807, 2.05) is 18.2 Å². The number of amides is 1. The third kappa shape index (κ3) is 4.30. The van der Waals surface area contributed by atoms with E-state index in [0.717, 1.165) is 11.3 Å². The Labute approximate surface area is 130 Å². The van der Waals surface area contributed by atoms with E-state index >= 15 is 0 Å². The monoisotopic (exact) mass is 300 g/mol. The molecule has 2 rings (SSSR count). The summed E-state index contributed by atoms with van der Waals surface area (Å²) in [6.07, 6.45) is 1.09. The number of aromatic nitrogens is 1. The molecule has 1 atom stereocenters. The van der Waals surface area contributed by atoms with Crippen LogP contribution in [0.5, 0.6) is 5.75 Å². The van der Waals surface area contributed by atoms with Crippen LogP contribution in [-0.2, 0) is 17.9 Å². The summed E-state index contributed by atoms with van der Waals surface area (Å²) in [7, 11) is 1.72. The van der Waals surface area contributed by atoms with Crippen LogP contribution in [0.2, 0.25) is 0 Å². The Hall–Kier alpha value is -2.40. The molecule has 116 valence electrons. The summed E-state index contributed by atoms with van der Waals surface area (Å²) in [5.74, 6) is 0.443. The molecule has 0 saturated heterocycles. The summed E-state index contributed by atoms with van der Waals surface area (Å²) in [4.78, 5) is 18.1. The molecule has 1 unspecified atom stereocenters. The van der Waals surface area contributed by atoms with Gasteiger partial charge in [-0.25, -0.2) is 0 Å². The predicted molar refractivity (Wildman–Crippen MR) is 83.2 cm³/mol. The molecule has 0 spiro atoms. The minimum absolute atomic E-state index is 0.0564. The number of nitrogens with zero attached hydrogens (tertiary/aromatic N) is 2. The zero-order chi connectivity index (χ0) is 15.9. The lowest BCUT2D eigenvalue weighted by atomic mass is 10.2. The number of hydrogen-bond donors (Lipinski definition) is 1. The molecule has 1 aromatic carbocycles. The van der Waals surface area contributed by atoms with Crippen molar-refractivity contribution < 1.29 is 14.6 Å². The third-order valence-corrected chi connectivity index (χ3v) is 3.24. The molecule has 1 aromatic heterocycles. The minimum atomic E-state index is -0.609. The Morgan fingerprint density at radius 1 is 1.32 bits per heavy atom. The van der Waals surface area contributed by atoms with Gasteiger partial charge < -0.3 is 14.7 Å². The molecule has 0 aliphatic carbocycles. The standard InChI is InChI=1S/C17H20N2O3/c1-13(22-16-8-5-6-14(10-16)12-20)17(21)19(2)11-15-7-3-4-9-18-15/h3-10,13,20H,11-12H2,1-2H3. The first kappa shape index (κ1) is 16.0. The predicted octanol–water partition coefficient (Wildman–Crippen LogP) is 2.00. The van der Waals surface area contributed by atoms with Gasteiger partial charge in [0.15, 0.2) is 6.10 Å². The van der Waals surface area contributed by atoms with Crippen molar-refractivity contribution in [1.29, 1.82) is 0 Å². The fourth-order valence-corrected chi connectivity index (χ4v) is 2.09. The molecule has 0 saturated carbocycles. The highest BCUT2D eigenvalue weighted by Gasteiger charge is 2.19. The van der Waals surface area contributed by atoms with E-state index in [9.17, 15) is 4.79 Å². The van der Waals surface area contributed by atoms with E-state index < -0.39 is 6.10 Å². The van der Waals surface area contributed by atoms with Crippen LogP contribution in [0, 0.1) is 0 Å². The molecule has 0 aliphatic heterocycles. The molecule has 0 radical (unpaired) electrons. The smallest absolute Gasteiger partial charge is 0.263 e. The topological polar surface area (TPSA) is 62.7 Å². The van der Waals surface area contributed by atoms with Gasteiger partial charge in [0.05, 0.1) is 18.8 Å². The van der Waals surface area contributed by atoms with Gasteiger partial charge in [0.1, 0.15) is 5.75 Å². The van der Waals surface area contributed by atoms with Crippen molar-refractivity contribution in [2.75, 3.05) is 7.05 Å². The summed E-state index contributed by atoms with van der Waals surface area (Å²) in [6.45, 7) is 2.09. The highest BCUT2D eigenvalue weighted by atomic mass is 16.5. The molecule has 1 amide bonds. The Kier molecular flexibility index (Phi) is 5.49. The Bertz CT molecular complexity index is 616. The highest BCUT2D eigenvalue weighted by Crippen LogP contribution is 2.16. The van der Waals surface area contributed by atoms with Gasteiger partial charge in [0, 0.05) is 13.2 Å². The molecule has 0 bridgehead atoms. The van der Waals surface area contributed by atoms with Crippen LogP contribution in [0.15, 0.2) is 48.7 Å². The number of carbonyl (C=O) groups excluding carboxylic acids is 1. The molecule has 0 aliphatic rings. The zero-order valence-corrected chi connectivity index (χ0v) is 12.8. The average Bonchev–Trinajstić information content (AvgIpc) is 2.55. The maximum absolute atomic E-state index is 12.3. The molecule has 5 heteroatoms. The van der Waals surface area contributed by atoms with Crippen LogP contribution in [0.3, 0.4) is 0 Å². The number of carbonyl (C=O) groups is 1. The zero-order valence-electron chi connectivity index (χ0n) is 12.8. The molecule has 2 aromatic rings. The maximum Gasteiger partial charge on any atom is 0.263 e. The second kappa shape index (κ2) is 7.56. The number of hydrogen-bond acceptors (Lipinski definition) is 4. The van der Waals surface area contributed by atoms with Crippen molar-refractivity contribution >= 4 is 5.91 Å². The molecular weight excluding hydrogens is 280 g/mol. The fraction of sp³-hybridized carbons (Fsp3) is 0.294. The van der Waals surface area contributed by atoms with Gasteiger partial charge in [-0.3, -0.25) is 9.78 Å². The summed E-state index contributed by atoms with van der Waals surface area (Å²) in [6, 6.07) is 12.7. The van der Waals surface area contributed by atoms with Crippen molar-refractivity contribution in [3.05, 3.63) is 59.9 Å². The summed E-state index contributed by atoms with van der Waals surface area (Å²) in [5, 5.41) is 9.12. The molecule has 1 heterocycles. The van der Waals surface area contributed by atoms with Gasteiger partial charge in [0.2, 0.25) is 0 Å². The molecule has 5 nitrogen and oxygen atoms in total. The number of ether oxygens (including phenoxy) is 1. The molecule has 0 fully saturated rings. The fourth-order valence-electron chi connectivity index (χ4n) is 2.09. The van der Waals surface area contributed by atoms with Gasteiger partial charge in [-0.05, 0) is 36.8 Å². The third-order valence-electron chi connectivity index (χ3n) is 3.24. The van der Waals surface area contributed by atoms with Crippen molar-refractivity contribution in [2.45, 2.75) is 26.2 Å². The normalized spacial score (nSPS) is 11.8. The first-order valence-corrected chi connectivity index (χ1v) is 7.11. The summed E-state index contributed by atoms with van der Waals surface area (Å²) in [5.41, 5.74) is 1.58. The van der Waals surface area contributed by atoms with Gasteiger partial charge in [0.25, 0.3) is 5.91 Å². The van der Waals surface area contributed by atoms with Crippen LogP contribution in [0.1, 0.15) is 18.2 Å². The van der Waals surface area contributed by atoms with Gasteiger partial charge in [-0.1, -0.05) is 18.2 Å². The lowest BCUT2D eigenvalue weighted by molar-refractivity contribution is -0.137. The molecule has 22 heavy (non-hydrogen) atoms. The molecule has 1 N–H and O–H groups in total. The summed E-state index contributed by atoms with van der Waals surface area (Å²) >= 11 is 0. The highest BCUT2D eigenvalue weighted by molar-refractivity contribution is 5.80. The summed E-state index contributed by atoms with van der Waals surface area (Å²) < 4.78 is 5.65. The Morgan fingerprint density at radius 3 is 2.82 bits per heavy atom. The van der Waals surface area contributed by atoms with E-state index in [1.165, 1.54) is 0 Å². The number of pyridine rings is 1. The van der Waals surface area contributed by atoms with Crippen molar-refractivity contribution in [2.24, 2.45) is 0 Å². The average molecular weight is 300 g/mol. The molecular formula is C17H20N2O3. The van der Waals surface area contributed by atoms with Crippen molar-refractivity contribution in [1.82, 2.24) is 9.88 Å². The lowest BCUT2D eigenvalue weighted by Crippen LogP contribution is -2.37. The van der Waals surface area contributed by atoms with Crippen LogP contribution in [0.4, 0.5) is 0 Å². The van der Waals surface area contributed by atoms with Crippen molar-refractivity contribution in [3.63, 3.8) is 0 Å². The van der Waals surface area contributed by atoms with Crippen LogP contribution in [-0.4, -0.2) is 34.0 Å². The largest absolute Gasteiger partial charge is 0.481 e. The van der Waals surface area contributed by atoms with Crippen LogP contribution < -0.4 is 4.74 Å². The SMILES string of the molecule is CC(Oc1cccc(CO)c1)C(=O)N(C)Cc1ccccn1. The maximum atomic E-state index is 12.3.